The van der Waals surface area contributed by atoms with Crippen LogP contribution in [-0.2, 0) is 4.79 Å². The smallest absolute Gasteiger partial charge is 0.256 e. The third-order valence-electron chi connectivity index (χ3n) is 4.34. The Labute approximate surface area is 149 Å². The molecule has 1 atom stereocenters. The highest BCUT2D eigenvalue weighted by Gasteiger charge is 2.24. The Hall–Kier alpha value is -3.16. The predicted octanol–water partition coefficient (Wildman–Crippen LogP) is 1.82. The van der Waals surface area contributed by atoms with E-state index in [1.54, 1.807) is 6.20 Å². The van der Waals surface area contributed by atoms with Crippen LogP contribution in [0.15, 0.2) is 42.7 Å². The van der Waals surface area contributed by atoms with Crippen molar-refractivity contribution in [2.75, 3.05) is 23.8 Å². The van der Waals surface area contributed by atoms with E-state index in [2.05, 4.69) is 20.6 Å². The van der Waals surface area contributed by atoms with Crippen molar-refractivity contribution >= 4 is 40.0 Å². The molecule has 3 heterocycles. The van der Waals surface area contributed by atoms with Crippen molar-refractivity contribution in [2.45, 2.75) is 6.10 Å². The number of hydrogen-bond donors (Lipinski definition) is 5. The maximum atomic E-state index is 12.4. The van der Waals surface area contributed by atoms with Crippen molar-refractivity contribution in [3.05, 3.63) is 53.9 Å². The average Bonchev–Trinajstić information content (AvgIpc) is 3.21. The Balaban J connectivity index is 1.69. The summed E-state index contributed by atoms with van der Waals surface area (Å²) in [7, 11) is 0. The minimum absolute atomic E-state index is 0.161. The van der Waals surface area contributed by atoms with Gasteiger partial charge in [-0.2, -0.15) is 0 Å². The molecule has 1 aromatic carbocycles. The van der Waals surface area contributed by atoms with E-state index in [9.17, 15) is 9.90 Å². The molecule has 7 heteroatoms. The number of nitrogens with one attached hydrogen (secondary N) is 3. The van der Waals surface area contributed by atoms with E-state index >= 15 is 0 Å². The van der Waals surface area contributed by atoms with Crippen LogP contribution in [0.2, 0.25) is 0 Å². The highest BCUT2D eigenvalue weighted by molar-refractivity contribution is 6.35. The van der Waals surface area contributed by atoms with Gasteiger partial charge in [-0.05, 0) is 36.4 Å². The second kappa shape index (κ2) is 6.62. The molecule has 0 aliphatic carbocycles. The second-order valence-electron chi connectivity index (χ2n) is 6.13. The summed E-state index contributed by atoms with van der Waals surface area (Å²) in [6.45, 7) is -0.0818. The number of aliphatic hydroxyl groups excluding tert-OH is 2. The van der Waals surface area contributed by atoms with Crippen LogP contribution in [0.3, 0.4) is 0 Å². The molecule has 0 fully saturated rings. The Kier molecular flexibility index (Phi) is 4.16. The molecule has 4 rings (SSSR count). The Bertz CT molecular complexity index is 1010. The number of carbonyl (C=O) groups is 1. The van der Waals surface area contributed by atoms with Gasteiger partial charge in [0.2, 0.25) is 0 Å². The molecule has 0 spiro atoms. The van der Waals surface area contributed by atoms with E-state index in [0.717, 1.165) is 33.5 Å². The van der Waals surface area contributed by atoms with Gasteiger partial charge in [0.25, 0.3) is 5.91 Å². The number of aliphatic hydroxyl groups is 2. The molecule has 7 nitrogen and oxygen atoms in total. The molecule has 1 aliphatic rings. The predicted molar refractivity (Wildman–Crippen MR) is 101 cm³/mol. The molecule has 2 aromatic heterocycles. The number of pyridine rings is 1. The van der Waals surface area contributed by atoms with Crippen molar-refractivity contribution in [3.8, 4) is 0 Å². The first kappa shape index (κ1) is 16.3. The van der Waals surface area contributed by atoms with Gasteiger partial charge in [0, 0.05) is 52.4 Å². The van der Waals surface area contributed by atoms with Gasteiger partial charge in [-0.1, -0.05) is 0 Å². The van der Waals surface area contributed by atoms with Crippen molar-refractivity contribution in [2.24, 2.45) is 0 Å². The molecular formula is C19H18N4O3. The van der Waals surface area contributed by atoms with Crippen LogP contribution >= 0.6 is 0 Å². The topological polar surface area (TPSA) is 110 Å². The monoisotopic (exact) mass is 350 g/mol. The SMILES string of the molecule is O=C1Nc2ccc(NCC(O)CO)cc2C1=Cc1c[nH]c2ncccc12. The summed E-state index contributed by atoms with van der Waals surface area (Å²) in [5.41, 5.74) is 4.52. The van der Waals surface area contributed by atoms with E-state index in [0.29, 0.717) is 5.57 Å². The van der Waals surface area contributed by atoms with Gasteiger partial charge in [-0.25, -0.2) is 4.98 Å². The molecule has 1 unspecified atom stereocenters. The normalized spacial score (nSPS) is 15.9. The molecule has 0 bridgehead atoms. The lowest BCUT2D eigenvalue weighted by Gasteiger charge is -2.11. The number of hydrogen-bond acceptors (Lipinski definition) is 5. The fourth-order valence-corrected chi connectivity index (χ4v) is 2.99. The largest absolute Gasteiger partial charge is 0.394 e. The summed E-state index contributed by atoms with van der Waals surface area (Å²) < 4.78 is 0. The van der Waals surface area contributed by atoms with Gasteiger partial charge in [0.15, 0.2) is 0 Å². The maximum absolute atomic E-state index is 12.4. The summed E-state index contributed by atoms with van der Waals surface area (Å²) in [6, 6.07) is 9.30. The maximum Gasteiger partial charge on any atom is 0.256 e. The molecule has 0 saturated heterocycles. The van der Waals surface area contributed by atoms with Crippen molar-refractivity contribution in [3.63, 3.8) is 0 Å². The number of carbonyl (C=O) groups excluding carboxylic acids is 1. The Morgan fingerprint density at radius 1 is 1.31 bits per heavy atom. The minimum Gasteiger partial charge on any atom is -0.394 e. The van der Waals surface area contributed by atoms with E-state index in [1.165, 1.54) is 0 Å². The lowest BCUT2D eigenvalue weighted by Crippen LogP contribution is -2.22. The van der Waals surface area contributed by atoms with Gasteiger partial charge in [0.1, 0.15) is 5.65 Å². The van der Waals surface area contributed by atoms with E-state index in [4.69, 9.17) is 5.11 Å². The van der Waals surface area contributed by atoms with E-state index in [-0.39, 0.29) is 19.1 Å². The second-order valence-corrected chi connectivity index (χ2v) is 6.13. The van der Waals surface area contributed by atoms with Gasteiger partial charge in [-0.3, -0.25) is 4.79 Å². The number of nitrogens with zero attached hydrogens (tertiary/aromatic N) is 1. The fraction of sp³-hybridized carbons (Fsp3) is 0.158. The number of anilines is 2. The fourth-order valence-electron chi connectivity index (χ4n) is 2.99. The van der Waals surface area contributed by atoms with Gasteiger partial charge in [-0.15, -0.1) is 0 Å². The van der Waals surface area contributed by atoms with Crippen LogP contribution in [0.4, 0.5) is 11.4 Å². The first-order valence-corrected chi connectivity index (χ1v) is 8.28. The molecular weight excluding hydrogens is 332 g/mol. The zero-order valence-corrected chi connectivity index (χ0v) is 13.9. The van der Waals surface area contributed by atoms with Crippen molar-refractivity contribution in [1.82, 2.24) is 9.97 Å². The van der Waals surface area contributed by atoms with E-state index in [1.807, 2.05) is 42.6 Å². The first-order valence-electron chi connectivity index (χ1n) is 8.28. The van der Waals surface area contributed by atoms with Crippen molar-refractivity contribution in [1.29, 1.82) is 0 Å². The lowest BCUT2D eigenvalue weighted by atomic mass is 10.0. The molecule has 0 saturated carbocycles. The van der Waals surface area contributed by atoms with Crippen LogP contribution in [0.25, 0.3) is 22.7 Å². The zero-order chi connectivity index (χ0) is 18.1. The zero-order valence-electron chi connectivity index (χ0n) is 13.9. The number of fused-ring (bicyclic) bond motifs is 2. The third-order valence-corrected chi connectivity index (χ3v) is 4.34. The summed E-state index contributed by atoms with van der Waals surface area (Å²) in [6.07, 6.45) is 4.55. The molecule has 132 valence electrons. The van der Waals surface area contributed by atoms with Gasteiger partial charge < -0.3 is 25.8 Å². The van der Waals surface area contributed by atoms with Gasteiger partial charge in [0.05, 0.1) is 12.7 Å². The number of amides is 1. The first-order chi connectivity index (χ1) is 12.7. The lowest BCUT2D eigenvalue weighted by molar-refractivity contribution is -0.110. The third kappa shape index (κ3) is 2.94. The number of aromatic amines is 1. The van der Waals surface area contributed by atoms with E-state index < -0.39 is 6.10 Å². The molecule has 0 radical (unpaired) electrons. The Morgan fingerprint density at radius 2 is 2.19 bits per heavy atom. The highest BCUT2D eigenvalue weighted by atomic mass is 16.3. The van der Waals surface area contributed by atoms with Crippen molar-refractivity contribution < 1.29 is 15.0 Å². The summed E-state index contributed by atoms with van der Waals surface area (Å²) in [5.74, 6) is -0.161. The minimum atomic E-state index is -0.836. The summed E-state index contributed by atoms with van der Waals surface area (Å²) in [4.78, 5) is 19.8. The average molecular weight is 350 g/mol. The number of H-pyrrole nitrogens is 1. The van der Waals surface area contributed by atoms with Crippen LogP contribution in [0.5, 0.6) is 0 Å². The number of benzene rings is 1. The molecule has 26 heavy (non-hydrogen) atoms. The van der Waals surface area contributed by atoms with Crippen LogP contribution in [-0.4, -0.2) is 45.3 Å². The summed E-state index contributed by atoms with van der Waals surface area (Å²) >= 11 is 0. The quantitative estimate of drug-likeness (QED) is 0.451. The van der Waals surface area contributed by atoms with Crippen LogP contribution < -0.4 is 10.6 Å². The van der Waals surface area contributed by atoms with Gasteiger partial charge >= 0.3 is 0 Å². The molecule has 5 N–H and O–H groups in total. The molecule has 1 aliphatic heterocycles. The Morgan fingerprint density at radius 3 is 3.04 bits per heavy atom. The summed E-state index contributed by atoms with van der Waals surface area (Å²) in [5, 5.41) is 25.3. The number of aromatic nitrogens is 2. The molecule has 1 amide bonds. The highest BCUT2D eigenvalue weighted by Crippen LogP contribution is 2.35. The standard InChI is InChI=1S/C19H18N4O3/c24-10-13(25)9-21-12-3-4-17-15(7-12)16(19(26)23-17)6-11-8-22-18-14(11)2-1-5-20-18/h1-8,13,21,24-25H,9-10H2,(H,20,22)(H,23,26). The van der Waals surface area contributed by atoms with Crippen LogP contribution in [0, 0.1) is 0 Å². The molecule has 3 aromatic rings. The number of rotatable bonds is 5. The van der Waals surface area contributed by atoms with Crippen LogP contribution in [0.1, 0.15) is 11.1 Å².